The van der Waals surface area contributed by atoms with Crippen LogP contribution in [-0.2, 0) is 11.2 Å². The molecule has 1 fully saturated rings. The molecule has 0 aromatic carbocycles. The quantitative estimate of drug-likeness (QED) is 0.867. The molecule has 4 heteroatoms. The van der Waals surface area contributed by atoms with Crippen molar-refractivity contribution in [2.75, 3.05) is 12.3 Å². The molecular formula is C14H21N3O. The standard InChI is InChI=1S/C14H21N3O/c1-10-3-4-11(2)17(9-10)14(18)7-13-6-5-12(15)8-16-13/h5-6,8,10-11H,3-4,7,9,15H2,1-2H3. The van der Waals surface area contributed by atoms with Gasteiger partial charge in [0, 0.05) is 18.3 Å². The summed E-state index contributed by atoms with van der Waals surface area (Å²) in [6.07, 6.45) is 4.29. The SMILES string of the molecule is CC1CCC(C)N(C(=O)Cc2ccc(N)cn2)C1. The second kappa shape index (κ2) is 5.38. The normalized spacial score (nSPS) is 24.0. The number of amides is 1. The van der Waals surface area contributed by atoms with Crippen LogP contribution in [0.25, 0.3) is 0 Å². The zero-order valence-electron chi connectivity index (χ0n) is 11.1. The van der Waals surface area contributed by atoms with Crippen LogP contribution in [0.15, 0.2) is 18.3 Å². The van der Waals surface area contributed by atoms with Crippen LogP contribution >= 0.6 is 0 Å². The van der Waals surface area contributed by atoms with Crippen molar-refractivity contribution in [3.8, 4) is 0 Å². The topological polar surface area (TPSA) is 59.2 Å². The number of nitrogens with zero attached hydrogens (tertiary/aromatic N) is 2. The Balaban J connectivity index is 2.00. The van der Waals surface area contributed by atoms with E-state index in [1.54, 1.807) is 12.3 Å². The predicted octanol–water partition coefficient (Wildman–Crippen LogP) is 1.85. The van der Waals surface area contributed by atoms with Crippen molar-refractivity contribution in [1.82, 2.24) is 9.88 Å². The highest BCUT2D eigenvalue weighted by molar-refractivity contribution is 5.78. The molecule has 1 saturated heterocycles. The van der Waals surface area contributed by atoms with Crippen molar-refractivity contribution in [1.29, 1.82) is 0 Å². The average molecular weight is 247 g/mol. The van der Waals surface area contributed by atoms with Crippen molar-refractivity contribution in [3.63, 3.8) is 0 Å². The molecule has 0 saturated carbocycles. The lowest BCUT2D eigenvalue weighted by Gasteiger charge is -2.36. The second-order valence-electron chi connectivity index (χ2n) is 5.34. The van der Waals surface area contributed by atoms with Crippen molar-refractivity contribution in [3.05, 3.63) is 24.0 Å². The highest BCUT2D eigenvalue weighted by Gasteiger charge is 2.26. The Labute approximate surface area is 108 Å². The molecule has 4 nitrogen and oxygen atoms in total. The summed E-state index contributed by atoms with van der Waals surface area (Å²) in [4.78, 5) is 18.4. The van der Waals surface area contributed by atoms with Gasteiger partial charge in [0.15, 0.2) is 0 Å². The molecule has 98 valence electrons. The Morgan fingerprint density at radius 2 is 2.22 bits per heavy atom. The molecule has 1 amide bonds. The van der Waals surface area contributed by atoms with Gasteiger partial charge in [-0.15, -0.1) is 0 Å². The molecule has 1 aromatic heterocycles. The second-order valence-corrected chi connectivity index (χ2v) is 5.34. The third kappa shape index (κ3) is 3.00. The first-order valence-corrected chi connectivity index (χ1v) is 6.56. The number of pyridine rings is 1. The van der Waals surface area contributed by atoms with Crippen LogP contribution in [-0.4, -0.2) is 28.4 Å². The van der Waals surface area contributed by atoms with Crippen molar-refractivity contribution in [2.24, 2.45) is 5.92 Å². The van der Waals surface area contributed by atoms with Crippen LogP contribution in [0.2, 0.25) is 0 Å². The molecule has 1 aromatic rings. The van der Waals surface area contributed by atoms with Gasteiger partial charge in [-0.3, -0.25) is 9.78 Å². The highest BCUT2D eigenvalue weighted by atomic mass is 16.2. The Morgan fingerprint density at radius 1 is 1.44 bits per heavy atom. The van der Waals surface area contributed by atoms with Gasteiger partial charge >= 0.3 is 0 Å². The number of nitrogens with two attached hydrogens (primary N) is 1. The van der Waals surface area contributed by atoms with Crippen molar-refractivity contribution in [2.45, 2.75) is 39.2 Å². The van der Waals surface area contributed by atoms with E-state index in [9.17, 15) is 4.79 Å². The Kier molecular flexibility index (Phi) is 3.84. The minimum atomic E-state index is 0.173. The molecule has 0 radical (unpaired) electrons. The number of likely N-dealkylation sites (tertiary alicyclic amines) is 1. The molecule has 0 aliphatic carbocycles. The number of rotatable bonds is 2. The van der Waals surface area contributed by atoms with Gasteiger partial charge in [0.2, 0.25) is 5.91 Å². The van der Waals surface area contributed by atoms with Gasteiger partial charge in [0.1, 0.15) is 0 Å². The van der Waals surface area contributed by atoms with Gasteiger partial charge < -0.3 is 10.6 Å². The monoisotopic (exact) mass is 247 g/mol. The van der Waals surface area contributed by atoms with Crippen molar-refractivity contribution < 1.29 is 4.79 Å². The molecule has 0 bridgehead atoms. The smallest absolute Gasteiger partial charge is 0.228 e. The van der Waals surface area contributed by atoms with Crippen LogP contribution < -0.4 is 5.73 Å². The third-order valence-electron chi connectivity index (χ3n) is 3.62. The van der Waals surface area contributed by atoms with Crippen LogP contribution in [0.4, 0.5) is 5.69 Å². The molecule has 2 N–H and O–H groups in total. The van der Waals surface area contributed by atoms with E-state index >= 15 is 0 Å². The Morgan fingerprint density at radius 3 is 2.89 bits per heavy atom. The molecule has 2 unspecified atom stereocenters. The summed E-state index contributed by atoms with van der Waals surface area (Å²) >= 11 is 0. The van der Waals surface area contributed by atoms with Crippen LogP contribution in [0.5, 0.6) is 0 Å². The first-order valence-electron chi connectivity index (χ1n) is 6.56. The van der Waals surface area contributed by atoms with E-state index in [-0.39, 0.29) is 5.91 Å². The molecule has 2 rings (SSSR count). The van der Waals surface area contributed by atoms with Crippen LogP contribution in [0, 0.1) is 5.92 Å². The summed E-state index contributed by atoms with van der Waals surface area (Å²) in [6, 6.07) is 3.96. The fourth-order valence-electron chi connectivity index (χ4n) is 2.43. The maximum Gasteiger partial charge on any atom is 0.228 e. The number of hydrogen-bond acceptors (Lipinski definition) is 3. The Bertz CT molecular complexity index is 416. The summed E-state index contributed by atoms with van der Waals surface area (Å²) < 4.78 is 0. The number of aromatic nitrogens is 1. The van der Waals surface area contributed by atoms with Gasteiger partial charge in [-0.2, -0.15) is 0 Å². The fourth-order valence-corrected chi connectivity index (χ4v) is 2.43. The van der Waals surface area contributed by atoms with Crippen molar-refractivity contribution >= 4 is 11.6 Å². The molecule has 2 heterocycles. The lowest BCUT2D eigenvalue weighted by molar-refractivity contribution is -0.134. The molecule has 1 aliphatic heterocycles. The zero-order chi connectivity index (χ0) is 13.1. The van der Waals surface area contributed by atoms with E-state index in [0.717, 1.165) is 18.7 Å². The first-order chi connectivity index (χ1) is 8.56. The summed E-state index contributed by atoms with van der Waals surface area (Å²) in [6.45, 7) is 5.20. The summed E-state index contributed by atoms with van der Waals surface area (Å²) in [5.74, 6) is 0.774. The summed E-state index contributed by atoms with van der Waals surface area (Å²) in [5, 5.41) is 0. The van der Waals surface area contributed by atoms with Crippen LogP contribution in [0.3, 0.4) is 0 Å². The molecule has 2 atom stereocenters. The van der Waals surface area contributed by atoms with E-state index in [4.69, 9.17) is 5.73 Å². The van der Waals surface area contributed by atoms with Gasteiger partial charge in [0.25, 0.3) is 0 Å². The summed E-state index contributed by atoms with van der Waals surface area (Å²) in [7, 11) is 0. The first kappa shape index (κ1) is 12.9. The van der Waals surface area contributed by atoms with Crippen LogP contribution in [0.1, 0.15) is 32.4 Å². The molecular weight excluding hydrogens is 226 g/mol. The van der Waals surface area contributed by atoms with Gasteiger partial charge in [-0.05, 0) is 37.8 Å². The molecule has 1 aliphatic rings. The lowest BCUT2D eigenvalue weighted by Crippen LogP contribution is -2.45. The minimum Gasteiger partial charge on any atom is -0.397 e. The van der Waals surface area contributed by atoms with E-state index in [0.29, 0.717) is 24.1 Å². The minimum absolute atomic E-state index is 0.173. The van der Waals surface area contributed by atoms with Gasteiger partial charge in [-0.1, -0.05) is 6.92 Å². The maximum atomic E-state index is 12.3. The maximum absolute atomic E-state index is 12.3. The lowest BCUT2D eigenvalue weighted by atomic mass is 9.94. The number of carbonyl (C=O) groups excluding carboxylic acids is 1. The van der Waals surface area contributed by atoms with E-state index in [2.05, 4.69) is 18.8 Å². The number of carbonyl (C=O) groups is 1. The van der Waals surface area contributed by atoms with Gasteiger partial charge in [0.05, 0.1) is 18.3 Å². The zero-order valence-corrected chi connectivity index (χ0v) is 11.1. The number of nitrogen functional groups attached to an aromatic ring is 1. The largest absolute Gasteiger partial charge is 0.397 e. The highest BCUT2D eigenvalue weighted by Crippen LogP contribution is 2.22. The van der Waals surface area contributed by atoms with E-state index < -0.39 is 0 Å². The molecule has 18 heavy (non-hydrogen) atoms. The summed E-state index contributed by atoms with van der Waals surface area (Å²) in [5.41, 5.74) is 7.00. The fraction of sp³-hybridized carbons (Fsp3) is 0.571. The third-order valence-corrected chi connectivity index (χ3v) is 3.62. The predicted molar refractivity (Wildman–Crippen MR) is 71.9 cm³/mol. The average Bonchev–Trinajstić information content (AvgIpc) is 2.35. The number of anilines is 1. The van der Waals surface area contributed by atoms with E-state index in [1.165, 1.54) is 6.42 Å². The van der Waals surface area contributed by atoms with Gasteiger partial charge in [-0.25, -0.2) is 0 Å². The number of hydrogen-bond donors (Lipinski definition) is 1. The van der Waals surface area contributed by atoms with E-state index in [1.807, 2.05) is 11.0 Å². The molecule has 0 spiro atoms. The number of piperidine rings is 1. The Hall–Kier alpha value is -1.58.